The SMILES string of the molecule is Cc1cc(C)cc(NC(=O)COc2ccc(NC(=O)c3cccc([N+](=O)[O-])c3)cc2)c1. The summed E-state index contributed by atoms with van der Waals surface area (Å²) in [5.74, 6) is -0.290. The molecule has 0 aliphatic rings. The highest BCUT2D eigenvalue weighted by molar-refractivity contribution is 6.04. The first-order valence-corrected chi connectivity index (χ1v) is 9.47. The Balaban J connectivity index is 1.54. The van der Waals surface area contributed by atoms with Crippen LogP contribution in [0.5, 0.6) is 5.75 Å². The smallest absolute Gasteiger partial charge is 0.270 e. The monoisotopic (exact) mass is 419 g/mol. The molecule has 0 aliphatic carbocycles. The van der Waals surface area contributed by atoms with Gasteiger partial charge < -0.3 is 15.4 Å². The maximum absolute atomic E-state index is 12.3. The Morgan fingerprint density at radius 2 is 1.58 bits per heavy atom. The van der Waals surface area contributed by atoms with Gasteiger partial charge in [-0.05, 0) is 67.4 Å². The van der Waals surface area contributed by atoms with E-state index in [-0.39, 0.29) is 23.8 Å². The summed E-state index contributed by atoms with van der Waals surface area (Å²) >= 11 is 0. The van der Waals surface area contributed by atoms with Gasteiger partial charge in [0.15, 0.2) is 6.61 Å². The van der Waals surface area contributed by atoms with Crippen LogP contribution in [0.3, 0.4) is 0 Å². The van der Waals surface area contributed by atoms with Crippen molar-refractivity contribution < 1.29 is 19.2 Å². The number of nitro benzene ring substituents is 1. The van der Waals surface area contributed by atoms with Gasteiger partial charge in [-0.1, -0.05) is 12.1 Å². The van der Waals surface area contributed by atoms with Crippen molar-refractivity contribution in [1.29, 1.82) is 0 Å². The number of hydrogen-bond acceptors (Lipinski definition) is 5. The Hall–Kier alpha value is -4.20. The third kappa shape index (κ3) is 6.14. The zero-order chi connectivity index (χ0) is 22.4. The molecule has 0 saturated heterocycles. The molecule has 3 rings (SSSR count). The van der Waals surface area contributed by atoms with E-state index in [9.17, 15) is 19.7 Å². The van der Waals surface area contributed by atoms with E-state index in [1.165, 1.54) is 24.3 Å². The molecule has 2 amide bonds. The number of nitrogens with zero attached hydrogens (tertiary/aromatic N) is 1. The summed E-state index contributed by atoms with van der Waals surface area (Å²) < 4.78 is 5.49. The van der Waals surface area contributed by atoms with Gasteiger partial charge in [0.05, 0.1) is 4.92 Å². The van der Waals surface area contributed by atoms with E-state index >= 15 is 0 Å². The molecule has 8 heteroatoms. The van der Waals surface area contributed by atoms with E-state index in [0.29, 0.717) is 17.1 Å². The molecular weight excluding hydrogens is 398 g/mol. The van der Waals surface area contributed by atoms with Crippen molar-refractivity contribution in [3.8, 4) is 5.75 Å². The van der Waals surface area contributed by atoms with Crippen molar-refractivity contribution in [2.75, 3.05) is 17.2 Å². The summed E-state index contributed by atoms with van der Waals surface area (Å²) in [6, 6.07) is 17.7. The van der Waals surface area contributed by atoms with Gasteiger partial charge >= 0.3 is 0 Å². The van der Waals surface area contributed by atoms with Crippen molar-refractivity contribution in [3.05, 3.63) is 93.5 Å². The molecule has 2 N–H and O–H groups in total. The topological polar surface area (TPSA) is 111 Å². The maximum atomic E-state index is 12.3. The largest absolute Gasteiger partial charge is 0.484 e. The summed E-state index contributed by atoms with van der Waals surface area (Å²) in [4.78, 5) is 34.7. The highest BCUT2D eigenvalue weighted by atomic mass is 16.6. The fourth-order valence-corrected chi connectivity index (χ4v) is 2.99. The van der Waals surface area contributed by atoms with Gasteiger partial charge in [-0.25, -0.2) is 0 Å². The fraction of sp³-hybridized carbons (Fsp3) is 0.130. The van der Waals surface area contributed by atoms with E-state index in [4.69, 9.17) is 4.74 Å². The molecule has 3 aromatic carbocycles. The number of benzene rings is 3. The van der Waals surface area contributed by atoms with Crippen LogP contribution in [-0.2, 0) is 4.79 Å². The predicted molar refractivity (Wildman–Crippen MR) is 118 cm³/mol. The average Bonchev–Trinajstić information content (AvgIpc) is 2.72. The van der Waals surface area contributed by atoms with Gasteiger partial charge in [-0.3, -0.25) is 19.7 Å². The lowest BCUT2D eigenvalue weighted by Crippen LogP contribution is -2.20. The van der Waals surface area contributed by atoms with E-state index in [1.54, 1.807) is 24.3 Å². The number of ether oxygens (including phenoxy) is 1. The predicted octanol–water partition coefficient (Wildman–Crippen LogP) is 4.48. The third-order valence-electron chi connectivity index (χ3n) is 4.31. The number of carbonyl (C=O) groups is 2. The second-order valence-corrected chi connectivity index (χ2v) is 7.00. The summed E-state index contributed by atoms with van der Waals surface area (Å²) in [5, 5.41) is 16.3. The van der Waals surface area contributed by atoms with Crippen LogP contribution in [0.15, 0.2) is 66.7 Å². The number of anilines is 2. The van der Waals surface area contributed by atoms with E-state index in [2.05, 4.69) is 10.6 Å². The van der Waals surface area contributed by atoms with Crippen LogP contribution in [-0.4, -0.2) is 23.3 Å². The molecule has 31 heavy (non-hydrogen) atoms. The van der Waals surface area contributed by atoms with Gasteiger partial charge in [-0.15, -0.1) is 0 Å². The summed E-state index contributed by atoms with van der Waals surface area (Å²) in [5.41, 5.74) is 3.33. The number of aryl methyl sites for hydroxylation is 2. The Bertz CT molecular complexity index is 1110. The van der Waals surface area contributed by atoms with Crippen LogP contribution in [0.2, 0.25) is 0 Å². The van der Waals surface area contributed by atoms with Gasteiger partial charge in [0.2, 0.25) is 0 Å². The van der Waals surface area contributed by atoms with Gasteiger partial charge in [-0.2, -0.15) is 0 Å². The second-order valence-electron chi connectivity index (χ2n) is 7.00. The Labute approximate surface area is 179 Å². The van der Waals surface area contributed by atoms with E-state index in [1.807, 2.05) is 32.0 Å². The maximum Gasteiger partial charge on any atom is 0.270 e. The highest BCUT2D eigenvalue weighted by Crippen LogP contribution is 2.19. The molecule has 8 nitrogen and oxygen atoms in total. The summed E-state index contributed by atoms with van der Waals surface area (Å²) in [7, 11) is 0. The molecule has 0 saturated carbocycles. The lowest BCUT2D eigenvalue weighted by Gasteiger charge is -2.10. The van der Waals surface area contributed by atoms with Crippen molar-refractivity contribution in [3.63, 3.8) is 0 Å². The summed E-state index contributed by atoms with van der Waals surface area (Å²) in [6.45, 7) is 3.75. The number of nitrogens with one attached hydrogen (secondary N) is 2. The van der Waals surface area contributed by atoms with Crippen molar-refractivity contribution in [2.24, 2.45) is 0 Å². The average molecular weight is 419 g/mol. The van der Waals surface area contributed by atoms with Gasteiger partial charge in [0, 0.05) is 29.1 Å². The Kier molecular flexibility index (Phi) is 6.61. The van der Waals surface area contributed by atoms with E-state index in [0.717, 1.165) is 11.1 Å². The zero-order valence-electron chi connectivity index (χ0n) is 17.0. The quantitative estimate of drug-likeness (QED) is 0.433. The second kappa shape index (κ2) is 9.53. The molecule has 0 fully saturated rings. The Morgan fingerprint density at radius 1 is 0.903 bits per heavy atom. The molecule has 3 aromatic rings. The molecule has 0 aromatic heterocycles. The third-order valence-corrected chi connectivity index (χ3v) is 4.31. The zero-order valence-corrected chi connectivity index (χ0v) is 17.0. The first kappa shape index (κ1) is 21.5. The first-order chi connectivity index (χ1) is 14.8. The molecular formula is C23H21N3O5. The molecule has 158 valence electrons. The molecule has 0 aliphatic heterocycles. The number of hydrogen-bond donors (Lipinski definition) is 2. The van der Waals surface area contributed by atoms with Crippen molar-refractivity contribution >= 4 is 28.9 Å². The van der Waals surface area contributed by atoms with Crippen molar-refractivity contribution in [2.45, 2.75) is 13.8 Å². The minimum atomic E-state index is -0.556. The molecule has 0 spiro atoms. The number of carbonyl (C=O) groups excluding carboxylic acids is 2. The van der Waals surface area contributed by atoms with Crippen LogP contribution in [0, 0.1) is 24.0 Å². The van der Waals surface area contributed by atoms with Gasteiger partial charge in [0.1, 0.15) is 5.75 Å². The highest BCUT2D eigenvalue weighted by Gasteiger charge is 2.12. The van der Waals surface area contributed by atoms with Gasteiger partial charge in [0.25, 0.3) is 17.5 Å². The standard InChI is InChI=1S/C23H21N3O5/c1-15-10-16(2)12-19(11-15)24-22(27)14-31-21-8-6-18(7-9-21)25-23(28)17-4-3-5-20(13-17)26(29)30/h3-13H,14H2,1-2H3,(H,24,27)(H,25,28). The van der Waals surface area contributed by atoms with Crippen LogP contribution in [0.1, 0.15) is 21.5 Å². The molecule has 0 bridgehead atoms. The van der Waals surface area contributed by atoms with Crippen LogP contribution in [0.4, 0.5) is 17.1 Å². The first-order valence-electron chi connectivity index (χ1n) is 9.47. The van der Waals surface area contributed by atoms with Crippen molar-refractivity contribution in [1.82, 2.24) is 0 Å². The molecule has 0 radical (unpaired) electrons. The number of nitro groups is 1. The molecule has 0 unspecified atom stereocenters. The number of amides is 2. The number of non-ortho nitro benzene ring substituents is 1. The summed E-state index contributed by atoms with van der Waals surface area (Å²) in [6.07, 6.45) is 0. The minimum Gasteiger partial charge on any atom is -0.484 e. The lowest BCUT2D eigenvalue weighted by molar-refractivity contribution is -0.384. The van der Waals surface area contributed by atoms with Crippen LogP contribution >= 0.6 is 0 Å². The minimum absolute atomic E-state index is 0.157. The van der Waals surface area contributed by atoms with Crippen LogP contribution in [0.25, 0.3) is 0 Å². The lowest BCUT2D eigenvalue weighted by atomic mass is 10.1. The molecule has 0 heterocycles. The Morgan fingerprint density at radius 3 is 2.23 bits per heavy atom. The number of rotatable bonds is 7. The molecule has 0 atom stereocenters. The van der Waals surface area contributed by atoms with Crippen LogP contribution < -0.4 is 15.4 Å². The van der Waals surface area contributed by atoms with E-state index < -0.39 is 10.8 Å². The fourth-order valence-electron chi connectivity index (χ4n) is 2.99. The normalized spacial score (nSPS) is 10.3.